The van der Waals surface area contributed by atoms with E-state index in [0.29, 0.717) is 6.04 Å². The standard InChI is InChI=1S/C13H29NS/c1-5-6-7-8-9-10-12(2)14-11-13(3)15-4/h12-14H,5-11H2,1-4H3. The Balaban J connectivity index is 3.21. The van der Waals surface area contributed by atoms with Gasteiger partial charge in [0, 0.05) is 17.8 Å². The SMILES string of the molecule is CCCCCCCC(C)NCC(C)SC. The van der Waals surface area contributed by atoms with Gasteiger partial charge < -0.3 is 5.32 Å². The molecule has 2 unspecified atom stereocenters. The molecule has 0 heterocycles. The van der Waals surface area contributed by atoms with Gasteiger partial charge in [-0.1, -0.05) is 46.0 Å². The van der Waals surface area contributed by atoms with Crippen LogP contribution in [0.3, 0.4) is 0 Å². The van der Waals surface area contributed by atoms with Gasteiger partial charge in [0.05, 0.1) is 0 Å². The van der Waals surface area contributed by atoms with Gasteiger partial charge in [0.25, 0.3) is 0 Å². The molecule has 0 aliphatic heterocycles. The van der Waals surface area contributed by atoms with Gasteiger partial charge >= 0.3 is 0 Å². The maximum Gasteiger partial charge on any atom is 0.0141 e. The van der Waals surface area contributed by atoms with Gasteiger partial charge in [0.1, 0.15) is 0 Å². The summed E-state index contributed by atoms with van der Waals surface area (Å²) in [6, 6.07) is 0.696. The van der Waals surface area contributed by atoms with Crippen molar-refractivity contribution in [1.29, 1.82) is 0 Å². The minimum atomic E-state index is 0.696. The second kappa shape index (κ2) is 10.8. The fourth-order valence-electron chi connectivity index (χ4n) is 1.61. The highest BCUT2D eigenvalue weighted by Gasteiger charge is 2.03. The molecular weight excluding hydrogens is 202 g/mol. The van der Waals surface area contributed by atoms with E-state index >= 15 is 0 Å². The van der Waals surface area contributed by atoms with Crippen LogP contribution in [0.2, 0.25) is 0 Å². The third-order valence-corrected chi connectivity index (χ3v) is 3.87. The zero-order valence-corrected chi connectivity index (χ0v) is 11.8. The average molecular weight is 231 g/mol. The third kappa shape index (κ3) is 10.6. The minimum absolute atomic E-state index is 0.696. The lowest BCUT2D eigenvalue weighted by atomic mass is 10.1. The van der Waals surface area contributed by atoms with Crippen molar-refractivity contribution in [1.82, 2.24) is 5.32 Å². The van der Waals surface area contributed by atoms with Crippen LogP contribution in [0.15, 0.2) is 0 Å². The lowest BCUT2D eigenvalue weighted by Crippen LogP contribution is -2.31. The highest BCUT2D eigenvalue weighted by molar-refractivity contribution is 7.99. The molecule has 0 aliphatic carbocycles. The number of unbranched alkanes of at least 4 members (excludes halogenated alkanes) is 4. The van der Waals surface area contributed by atoms with Gasteiger partial charge in [-0.2, -0.15) is 11.8 Å². The highest BCUT2D eigenvalue weighted by Crippen LogP contribution is 2.08. The third-order valence-electron chi connectivity index (χ3n) is 2.90. The summed E-state index contributed by atoms with van der Waals surface area (Å²) in [7, 11) is 0. The summed E-state index contributed by atoms with van der Waals surface area (Å²) in [4.78, 5) is 0. The van der Waals surface area contributed by atoms with E-state index in [1.807, 2.05) is 11.8 Å². The summed E-state index contributed by atoms with van der Waals surface area (Å²) in [6.45, 7) is 8.02. The molecule has 0 saturated heterocycles. The molecule has 0 saturated carbocycles. The first-order chi connectivity index (χ1) is 7.20. The van der Waals surface area contributed by atoms with E-state index in [0.717, 1.165) is 11.8 Å². The first kappa shape index (κ1) is 15.3. The molecule has 0 spiro atoms. The molecule has 1 N–H and O–H groups in total. The molecule has 92 valence electrons. The van der Waals surface area contributed by atoms with E-state index in [-0.39, 0.29) is 0 Å². The fraction of sp³-hybridized carbons (Fsp3) is 1.00. The van der Waals surface area contributed by atoms with Crippen molar-refractivity contribution in [3.05, 3.63) is 0 Å². The van der Waals surface area contributed by atoms with E-state index in [1.165, 1.54) is 38.5 Å². The largest absolute Gasteiger partial charge is 0.313 e. The maximum absolute atomic E-state index is 3.60. The average Bonchev–Trinajstić information content (AvgIpc) is 2.25. The Kier molecular flexibility index (Phi) is 11.0. The van der Waals surface area contributed by atoms with Gasteiger partial charge in [0.15, 0.2) is 0 Å². The smallest absolute Gasteiger partial charge is 0.0141 e. The molecule has 0 radical (unpaired) electrons. The van der Waals surface area contributed by atoms with Crippen LogP contribution in [-0.2, 0) is 0 Å². The summed E-state index contributed by atoms with van der Waals surface area (Å²) in [6.07, 6.45) is 10.5. The topological polar surface area (TPSA) is 12.0 Å². The van der Waals surface area contributed by atoms with Crippen molar-refractivity contribution < 1.29 is 0 Å². The minimum Gasteiger partial charge on any atom is -0.313 e. The Morgan fingerprint density at radius 2 is 1.73 bits per heavy atom. The molecule has 1 nitrogen and oxygen atoms in total. The summed E-state index contributed by atoms with van der Waals surface area (Å²) >= 11 is 1.94. The fourth-order valence-corrected chi connectivity index (χ4v) is 1.87. The van der Waals surface area contributed by atoms with Crippen LogP contribution in [0.25, 0.3) is 0 Å². The van der Waals surface area contributed by atoms with Gasteiger partial charge in [-0.15, -0.1) is 0 Å². The molecule has 0 fully saturated rings. The molecule has 0 aliphatic rings. The molecule has 0 aromatic heterocycles. The lowest BCUT2D eigenvalue weighted by Gasteiger charge is -2.16. The van der Waals surface area contributed by atoms with E-state index in [2.05, 4.69) is 32.3 Å². The molecule has 0 bridgehead atoms. The van der Waals surface area contributed by atoms with Crippen LogP contribution in [0.4, 0.5) is 0 Å². The van der Waals surface area contributed by atoms with Crippen molar-refractivity contribution in [2.75, 3.05) is 12.8 Å². The van der Waals surface area contributed by atoms with Gasteiger partial charge in [-0.05, 0) is 19.6 Å². The second-order valence-corrected chi connectivity index (χ2v) is 5.83. The van der Waals surface area contributed by atoms with E-state index < -0.39 is 0 Å². The molecular formula is C13H29NS. The van der Waals surface area contributed by atoms with Crippen LogP contribution in [-0.4, -0.2) is 24.1 Å². The van der Waals surface area contributed by atoms with Gasteiger partial charge in [0.2, 0.25) is 0 Å². The van der Waals surface area contributed by atoms with E-state index in [9.17, 15) is 0 Å². The Labute approximate surface area is 101 Å². The molecule has 0 aromatic rings. The molecule has 0 amide bonds. The quantitative estimate of drug-likeness (QED) is 0.569. The zero-order valence-electron chi connectivity index (χ0n) is 11.0. The Morgan fingerprint density at radius 3 is 2.33 bits per heavy atom. The number of rotatable bonds is 10. The predicted octanol–water partition coefficient (Wildman–Crippen LogP) is 4.08. The lowest BCUT2D eigenvalue weighted by molar-refractivity contribution is 0.483. The van der Waals surface area contributed by atoms with Crippen LogP contribution >= 0.6 is 11.8 Å². The maximum atomic E-state index is 3.60. The molecule has 15 heavy (non-hydrogen) atoms. The van der Waals surface area contributed by atoms with Crippen molar-refractivity contribution in [2.24, 2.45) is 0 Å². The summed E-state index contributed by atoms with van der Waals surface area (Å²) < 4.78 is 0. The van der Waals surface area contributed by atoms with Crippen molar-refractivity contribution >= 4 is 11.8 Å². The second-order valence-electron chi connectivity index (χ2n) is 4.56. The Bertz CT molecular complexity index is 128. The first-order valence-corrected chi connectivity index (χ1v) is 7.75. The molecule has 0 rings (SSSR count). The van der Waals surface area contributed by atoms with E-state index in [1.54, 1.807) is 0 Å². The summed E-state index contributed by atoms with van der Waals surface area (Å²) in [5.74, 6) is 0. The number of hydrogen-bond acceptors (Lipinski definition) is 2. The van der Waals surface area contributed by atoms with Crippen molar-refractivity contribution in [2.45, 2.75) is 70.6 Å². The zero-order chi connectivity index (χ0) is 11.5. The molecule has 0 aromatic carbocycles. The first-order valence-electron chi connectivity index (χ1n) is 6.46. The predicted molar refractivity (Wildman–Crippen MR) is 73.8 cm³/mol. The van der Waals surface area contributed by atoms with Crippen LogP contribution < -0.4 is 5.32 Å². The van der Waals surface area contributed by atoms with Crippen molar-refractivity contribution in [3.63, 3.8) is 0 Å². The normalized spacial score (nSPS) is 15.2. The number of thioether (sulfide) groups is 1. The van der Waals surface area contributed by atoms with Crippen LogP contribution in [0, 0.1) is 0 Å². The van der Waals surface area contributed by atoms with E-state index in [4.69, 9.17) is 0 Å². The Morgan fingerprint density at radius 1 is 1.07 bits per heavy atom. The molecule has 2 heteroatoms. The van der Waals surface area contributed by atoms with Gasteiger partial charge in [-0.3, -0.25) is 0 Å². The number of hydrogen-bond donors (Lipinski definition) is 1. The Hall–Kier alpha value is 0.310. The molecule has 2 atom stereocenters. The highest BCUT2D eigenvalue weighted by atomic mass is 32.2. The van der Waals surface area contributed by atoms with Crippen LogP contribution in [0.1, 0.15) is 59.3 Å². The van der Waals surface area contributed by atoms with Gasteiger partial charge in [-0.25, -0.2) is 0 Å². The van der Waals surface area contributed by atoms with Crippen LogP contribution in [0.5, 0.6) is 0 Å². The monoisotopic (exact) mass is 231 g/mol. The summed E-state index contributed by atoms with van der Waals surface area (Å²) in [5.41, 5.74) is 0. The summed E-state index contributed by atoms with van der Waals surface area (Å²) in [5, 5.41) is 4.35. The van der Waals surface area contributed by atoms with Crippen molar-refractivity contribution in [3.8, 4) is 0 Å². The number of nitrogens with one attached hydrogen (secondary N) is 1.